The molecule has 1 fully saturated rings. The molecule has 1 unspecified atom stereocenters. The van der Waals surface area contributed by atoms with Crippen LogP contribution < -0.4 is 9.64 Å². The molecule has 0 spiro atoms. The van der Waals surface area contributed by atoms with Crippen LogP contribution in [0.1, 0.15) is 36.2 Å². The van der Waals surface area contributed by atoms with Gasteiger partial charge in [0.2, 0.25) is 5.91 Å². The molecule has 3 aromatic carbocycles. The van der Waals surface area contributed by atoms with Crippen molar-refractivity contribution in [3.8, 4) is 5.75 Å². The number of anilines is 1. The Labute approximate surface area is 188 Å². The van der Waals surface area contributed by atoms with Gasteiger partial charge in [-0.25, -0.2) is 4.98 Å². The fourth-order valence-electron chi connectivity index (χ4n) is 4.55. The zero-order valence-corrected chi connectivity index (χ0v) is 18.5. The third-order valence-corrected chi connectivity index (χ3v) is 6.22. The minimum Gasteiger partial charge on any atom is -0.494 e. The number of carbonyl (C=O) groups is 1. The summed E-state index contributed by atoms with van der Waals surface area (Å²) in [7, 11) is 0. The summed E-state index contributed by atoms with van der Waals surface area (Å²) >= 11 is 0. The fraction of sp³-hybridized carbons (Fsp3) is 0.259. The summed E-state index contributed by atoms with van der Waals surface area (Å²) in [5, 5.41) is 0. The molecule has 0 radical (unpaired) electrons. The maximum absolute atomic E-state index is 13.0. The molecule has 5 nitrogen and oxygen atoms in total. The topological polar surface area (TPSA) is 47.4 Å². The van der Waals surface area contributed by atoms with Gasteiger partial charge in [0.1, 0.15) is 11.6 Å². The molecule has 0 saturated carbocycles. The average Bonchev–Trinajstić information content (AvgIpc) is 3.37. The lowest BCUT2D eigenvalue weighted by molar-refractivity contribution is -0.117. The molecular formula is C27H27N3O2. The number of benzene rings is 3. The molecule has 1 aromatic heterocycles. The summed E-state index contributed by atoms with van der Waals surface area (Å²) in [6.45, 7) is 6.10. The second-order valence-electron chi connectivity index (χ2n) is 8.30. The van der Waals surface area contributed by atoms with Crippen LogP contribution in [-0.2, 0) is 11.3 Å². The number of aryl methyl sites for hydroxylation is 1. The fourth-order valence-corrected chi connectivity index (χ4v) is 4.55. The van der Waals surface area contributed by atoms with Gasteiger partial charge in [0.05, 0.1) is 17.6 Å². The molecule has 1 amide bonds. The Kier molecular flexibility index (Phi) is 5.39. The smallest absolute Gasteiger partial charge is 0.227 e. The van der Waals surface area contributed by atoms with Crippen LogP contribution in [0.2, 0.25) is 0 Å². The highest BCUT2D eigenvalue weighted by Gasteiger charge is 2.35. The lowest BCUT2D eigenvalue weighted by Gasteiger charge is -2.18. The Morgan fingerprint density at radius 2 is 1.75 bits per heavy atom. The maximum atomic E-state index is 13.0. The number of ether oxygens (including phenoxy) is 1. The van der Waals surface area contributed by atoms with Crippen LogP contribution in [0.4, 0.5) is 5.69 Å². The predicted octanol–water partition coefficient (Wildman–Crippen LogP) is 5.31. The van der Waals surface area contributed by atoms with Crippen molar-refractivity contribution < 1.29 is 9.53 Å². The van der Waals surface area contributed by atoms with Crippen LogP contribution in [0.15, 0.2) is 72.8 Å². The Hall–Kier alpha value is -3.60. The van der Waals surface area contributed by atoms with Crippen LogP contribution in [0.5, 0.6) is 5.75 Å². The minimum atomic E-state index is 0.0467. The third kappa shape index (κ3) is 3.75. The van der Waals surface area contributed by atoms with Gasteiger partial charge in [0, 0.05) is 31.1 Å². The number of para-hydroxylation sites is 2. The van der Waals surface area contributed by atoms with Crippen molar-refractivity contribution in [2.24, 2.45) is 0 Å². The average molecular weight is 426 g/mol. The summed E-state index contributed by atoms with van der Waals surface area (Å²) < 4.78 is 7.83. The molecule has 4 aromatic rings. The summed E-state index contributed by atoms with van der Waals surface area (Å²) in [6, 6.07) is 24.4. The van der Waals surface area contributed by atoms with E-state index >= 15 is 0 Å². The van der Waals surface area contributed by atoms with Gasteiger partial charge < -0.3 is 14.2 Å². The number of nitrogens with zero attached hydrogens (tertiary/aromatic N) is 3. The van der Waals surface area contributed by atoms with Gasteiger partial charge in [0.15, 0.2) is 0 Å². The van der Waals surface area contributed by atoms with Gasteiger partial charge >= 0.3 is 0 Å². The van der Waals surface area contributed by atoms with Crippen molar-refractivity contribution in [1.82, 2.24) is 9.55 Å². The second-order valence-corrected chi connectivity index (χ2v) is 8.30. The molecule has 1 saturated heterocycles. The van der Waals surface area contributed by atoms with E-state index in [1.165, 1.54) is 11.1 Å². The van der Waals surface area contributed by atoms with Gasteiger partial charge in [-0.15, -0.1) is 0 Å². The standard InChI is InChI=1S/C27H27N3O2/c1-3-32-23-14-12-22(13-15-23)29-18-21(16-26(29)31)27-28-24-10-6-7-11-25(24)30(27)17-20-9-5-4-8-19(20)2/h4-15,21H,3,16-18H2,1-2H3. The number of aromatic nitrogens is 2. The zero-order chi connectivity index (χ0) is 22.1. The lowest BCUT2D eigenvalue weighted by atomic mass is 10.1. The van der Waals surface area contributed by atoms with Crippen molar-refractivity contribution in [3.63, 3.8) is 0 Å². The summed E-state index contributed by atoms with van der Waals surface area (Å²) in [6.07, 6.45) is 0.463. The molecule has 2 heterocycles. The molecule has 0 aliphatic carbocycles. The van der Waals surface area contributed by atoms with E-state index in [0.717, 1.165) is 34.8 Å². The number of imidazole rings is 1. The molecule has 1 aliphatic heterocycles. The number of hydrogen-bond acceptors (Lipinski definition) is 3. The third-order valence-electron chi connectivity index (χ3n) is 6.22. The highest BCUT2D eigenvalue weighted by molar-refractivity contribution is 5.96. The first-order chi connectivity index (χ1) is 15.6. The van der Waals surface area contributed by atoms with Crippen molar-refractivity contribution in [3.05, 3.63) is 89.7 Å². The number of fused-ring (bicyclic) bond motifs is 1. The van der Waals surface area contributed by atoms with Gasteiger partial charge in [-0.3, -0.25) is 4.79 Å². The molecular weight excluding hydrogens is 398 g/mol. The molecule has 1 aliphatic rings. The van der Waals surface area contributed by atoms with E-state index < -0.39 is 0 Å². The van der Waals surface area contributed by atoms with Crippen molar-refractivity contribution in [2.45, 2.75) is 32.7 Å². The van der Waals surface area contributed by atoms with E-state index in [9.17, 15) is 4.79 Å². The predicted molar refractivity (Wildman–Crippen MR) is 127 cm³/mol. The molecule has 5 heteroatoms. The quantitative estimate of drug-likeness (QED) is 0.420. The van der Waals surface area contributed by atoms with E-state index in [-0.39, 0.29) is 11.8 Å². The normalized spacial score (nSPS) is 16.1. The lowest BCUT2D eigenvalue weighted by Crippen LogP contribution is -2.24. The van der Waals surface area contributed by atoms with Crippen LogP contribution in [0.3, 0.4) is 0 Å². The Bertz CT molecular complexity index is 1260. The number of amides is 1. The molecule has 1 atom stereocenters. The van der Waals surface area contributed by atoms with E-state index in [1.807, 2.05) is 54.3 Å². The van der Waals surface area contributed by atoms with Gasteiger partial charge in [-0.2, -0.15) is 0 Å². The Balaban J connectivity index is 1.48. The Morgan fingerprint density at radius 1 is 1.00 bits per heavy atom. The van der Waals surface area contributed by atoms with E-state index in [1.54, 1.807) is 0 Å². The number of hydrogen-bond donors (Lipinski definition) is 0. The summed E-state index contributed by atoms with van der Waals surface area (Å²) in [5.41, 5.74) is 5.52. The van der Waals surface area contributed by atoms with Gasteiger partial charge in [-0.1, -0.05) is 36.4 Å². The van der Waals surface area contributed by atoms with E-state index in [2.05, 4.69) is 41.8 Å². The first-order valence-electron chi connectivity index (χ1n) is 11.2. The molecule has 0 bridgehead atoms. The minimum absolute atomic E-state index is 0.0467. The number of rotatable bonds is 6. The monoisotopic (exact) mass is 425 g/mol. The van der Waals surface area contributed by atoms with Gasteiger partial charge in [0.25, 0.3) is 0 Å². The van der Waals surface area contributed by atoms with E-state index in [0.29, 0.717) is 19.6 Å². The van der Waals surface area contributed by atoms with Gasteiger partial charge in [-0.05, 0) is 61.4 Å². The maximum Gasteiger partial charge on any atom is 0.227 e. The zero-order valence-electron chi connectivity index (χ0n) is 18.5. The Morgan fingerprint density at radius 3 is 2.53 bits per heavy atom. The molecule has 162 valence electrons. The molecule has 0 N–H and O–H groups in total. The van der Waals surface area contributed by atoms with Crippen LogP contribution in [0, 0.1) is 6.92 Å². The van der Waals surface area contributed by atoms with Crippen molar-refractivity contribution in [2.75, 3.05) is 18.1 Å². The first-order valence-corrected chi connectivity index (χ1v) is 11.2. The largest absolute Gasteiger partial charge is 0.494 e. The van der Waals surface area contributed by atoms with Crippen LogP contribution in [-0.4, -0.2) is 28.6 Å². The van der Waals surface area contributed by atoms with E-state index in [4.69, 9.17) is 9.72 Å². The molecule has 5 rings (SSSR count). The highest BCUT2D eigenvalue weighted by Crippen LogP contribution is 2.34. The SMILES string of the molecule is CCOc1ccc(N2CC(c3nc4ccccc4n3Cc3ccccc3C)CC2=O)cc1. The first kappa shape index (κ1) is 20.3. The molecule has 32 heavy (non-hydrogen) atoms. The van der Waals surface area contributed by atoms with Crippen molar-refractivity contribution >= 4 is 22.6 Å². The second kappa shape index (κ2) is 8.50. The highest BCUT2D eigenvalue weighted by atomic mass is 16.5. The summed E-state index contributed by atoms with van der Waals surface area (Å²) in [5.74, 6) is 1.98. The van der Waals surface area contributed by atoms with Crippen LogP contribution >= 0.6 is 0 Å². The number of carbonyl (C=O) groups excluding carboxylic acids is 1. The van der Waals surface area contributed by atoms with Crippen LogP contribution in [0.25, 0.3) is 11.0 Å². The summed E-state index contributed by atoms with van der Waals surface area (Å²) in [4.78, 5) is 19.8. The van der Waals surface area contributed by atoms with Crippen molar-refractivity contribution in [1.29, 1.82) is 0 Å².